The summed E-state index contributed by atoms with van der Waals surface area (Å²) in [5.74, 6) is 2.76. The van der Waals surface area contributed by atoms with Gasteiger partial charge in [0.05, 0.1) is 126 Å². The number of para-hydroxylation sites is 4. The number of aliphatic hydroxyl groups excluding tert-OH is 4. The van der Waals surface area contributed by atoms with Gasteiger partial charge in [-0.05, 0) is 227 Å². The monoisotopic (exact) mass is 2070 g/mol. The van der Waals surface area contributed by atoms with E-state index in [2.05, 4.69) is 179 Å². The number of aromatic amines is 5. The van der Waals surface area contributed by atoms with Crippen LogP contribution in [0.4, 0.5) is 0 Å². The molecule has 3 aliphatic heterocycles. The van der Waals surface area contributed by atoms with Crippen molar-refractivity contribution in [1.82, 2.24) is 94.4 Å². The number of fused-ring (bicyclic) bond motifs is 11. The van der Waals surface area contributed by atoms with E-state index >= 15 is 0 Å². The minimum atomic E-state index is -0.476. The maximum atomic E-state index is 9.66. The maximum Gasteiger partial charge on any atom is 0.494 e. The molecule has 0 aliphatic carbocycles. The molecular formula is C108H104B3BrIN19O10. The second-order valence-electron chi connectivity index (χ2n) is 38.6. The number of aliphatic hydroxyl groups is 4. The first-order valence-electron chi connectivity index (χ1n) is 46.8. The molecule has 0 amide bonds. The summed E-state index contributed by atoms with van der Waals surface area (Å²) < 4.78 is 44.1. The van der Waals surface area contributed by atoms with E-state index in [1.54, 1.807) is 0 Å². The number of hydrogen-bond acceptors (Lipinski definition) is 21. The summed E-state index contributed by atoms with van der Waals surface area (Å²) in [5, 5.41) is 71.0. The fraction of sp³-hybridized carbons (Fsp3) is 0.231. The zero-order valence-corrected chi connectivity index (χ0v) is 84.8. The molecule has 29 nitrogen and oxygen atoms in total. The minimum absolute atomic E-state index is 0.0253. The molecule has 714 valence electrons. The molecule has 11 aromatic carbocycles. The lowest BCUT2D eigenvalue weighted by molar-refractivity contribution is 0.00578. The molecule has 22 aromatic rings. The molecule has 11 aromatic heterocycles. The highest BCUT2D eigenvalue weighted by molar-refractivity contribution is 14.1. The molecule has 0 spiro atoms. The Morgan fingerprint density at radius 1 is 0.331 bits per heavy atom. The van der Waals surface area contributed by atoms with Crippen LogP contribution in [0.3, 0.4) is 0 Å². The molecule has 142 heavy (non-hydrogen) atoms. The van der Waals surface area contributed by atoms with Gasteiger partial charge >= 0.3 is 21.1 Å². The number of aromatic nitrogens is 19. The van der Waals surface area contributed by atoms with Crippen LogP contribution in [-0.2, 0) is 75.5 Å². The van der Waals surface area contributed by atoms with Crippen molar-refractivity contribution in [2.75, 3.05) is 0 Å². The summed E-state index contributed by atoms with van der Waals surface area (Å²) in [4.78, 5) is 45.2. The van der Waals surface area contributed by atoms with Gasteiger partial charge in [0.25, 0.3) is 0 Å². The molecule has 3 saturated heterocycles. The number of aryl methyl sites for hydroxylation is 3. The van der Waals surface area contributed by atoms with Crippen LogP contribution in [0.5, 0.6) is 0 Å². The van der Waals surface area contributed by atoms with Gasteiger partial charge in [0.15, 0.2) is 23.3 Å². The Morgan fingerprint density at radius 2 is 0.669 bits per heavy atom. The lowest BCUT2D eigenvalue weighted by Gasteiger charge is -2.32. The van der Waals surface area contributed by atoms with Gasteiger partial charge in [-0.15, -0.1) is 0 Å². The first-order valence-corrected chi connectivity index (χ1v) is 48.7. The third kappa shape index (κ3) is 18.1. The SMILES string of the molecule is Brc1cncc2ccccc12.CC1(C)OB(B2OC(C)(C)C(C)(C)O2)OC1(C)C.Cn1nc(-c2nc3c(CO)cccc3[nH]2)c2cc(-c3cncc4ccccc34)ccc21.Cn1nc(-c2nc3c(CO)cccc3[nH]2)c2cc(B3OC(C)(C)C(C)(C)O3)ccc21.Cn1nc(-c2nc3c(CO)cccc3[nH]2)c2cc(I)ccc21.OCc1cccc2[nH]c(-c3n[nH]c4ccc(-c5cncc6ccccc56)cc34)nc12. The largest absolute Gasteiger partial charge is 0.494 e. The predicted octanol–water partition coefficient (Wildman–Crippen LogP) is 21.0. The summed E-state index contributed by atoms with van der Waals surface area (Å²) in [7, 11) is 4.39. The number of benzene rings is 11. The molecule has 25 rings (SSSR count). The zero-order chi connectivity index (χ0) is 99.2. The number of rotatable bonds is 12. The smallest absolute Gasteiger partial charge is 0.405 e. The Kier molecular flexibility index (Phi) is 25.7. The van der Waals surface area contributed by atoms with Crippen molar-refractivity contribution in [3.8, 4) is 68.3 Å². The number of imidazole rings is 4. The van der Waals surface area contributed by atoms with Gasteiger partial charge in [0.1, 0.15) is 22.8 Å². The van der Waals surface area contributed by atoms with Crippen molar-refractivity contribution >= 4 is 185 Å². The average molecular weight is 2070 g/mol. The number of nitrogens with zero attached hydrogens (tertiary/aromatic N) is 14. The average Bonchev–Trinajstić information content (AvgIpc) is 1.60. The number of H-pyrrole nitrogens is 5. The lowest BCUT2D eigenvalue weighted by Crippen LogP contribution is -2.41. The molecule has 0 bridgehead atoms. The Labute approximate surface area is 840 Å². The van der Waals surface area contributed by atoms with Crippen LogP contribution < -0.4 is 5.46 Å². The standard InChI is InChI=1S/C25H19N5O.C24H17N5O.C22H25BN4O3.C16H13IN4O.C12H24B2O4.C9H6BrN/c1-30-22-10-9-15(20-13-26-12-16-5-2-3-7-18(16)20)11-19(22)24(29-30)25-27-21-8-4-6-17(14-31)23(21)28-25;30-13-16-5-3-7-21-22(16)27-24(26-21)23-18-10-14(8-9-20(18)28-29-23)19-12-25-11-15-4-1-2-6-17(15)19;1-21(2)22(3,4)30-23(29-21)14-9-10-17-15(11-14)19(26-27(17)5)20-24-16-8-6-7-13(12-28)18(16)25-20;1-21-13-6-5-10(17)7-11(13)15(20-21)16-18-12-4-2-3-9(8-22)14(12)19-16;1-9(2)10(3,4)16-13(15-9)14-17-11(5,6)12(7,8)18-14;10-9-6-11-5-7-3-1-2-4-8(7)9/h2-13,31H,14H2,1H3,(H,27,28);1-12,30H,13H2,(H,26,27)(H,28,29);6-11,28H,12H2,1-5H3,(H,24,25);2-7,22H,8H2,1H3,(H,18,19);1-8H3;1-6H. The molecule has 34 heteroatoms. The number of halogens is 2. The number of nitrogens with one attached hydrogen (secondary N) is 5. The van der Waals surface area contributed by atoms with Crippen molar-refractivity contribution in [3.63, 3.8) is 0 Å². The highest BCUT2D eigenvalue weighted by Gasteiger charge is 2.64. The van der Waals surface area contributed by atoms with Gasteiger partial charge in [-0.1, -0.05) is 146 Å². The van der Waals surface area contributed by atoms with Crippen LogP contribution in [0, 0.1) is 3.57 Å². The highest BCUT2D eigenvalue weighted by Crippen LogP contribution is 2.46. The summed E-state index contributed by atoms with van der Waals surface area (Å²) in [6.45, 7) is 24.2. The second-order valence-corrected chi connectivity index (χ2v) is 40.7. The number of pyridine rings is 3. The molecule has 3 aliphatic rings. The molecule has 3 fully saturated rings. The summed E-state index contributed by atoms with van der Waals surface area (Å²) >= 11 is 5.73. The Bertz CT molecular complexity index is 8480. The van der Waals surface area contributed by atoms with E-state index in [9.17, 15) is 20.4 Å². The van der Waals surface area contributed by atoms with Crippen molar-refractivity contribution in [3.05, 3.63) is 286 Å². The summed E-state index contributed by atoms with van der Waals surface area (Å²) in [5.41, 5.74) is 20.0. The first kappa shape index (κ1) is 95.9. The van der Waals surface area contributed by atoms with Crippen LogP contribution in [0.15, 0.2) is 260 Å². The predicted molar refractivity (Wildman–Crippen MR) is 574 cm³/mol. The van der Waals surface area contributed by atoms with Crippen molar-refractivity contribution in [1.29, 1.82) is 0 Å². The molecule has 14 heterocycles. The summed E-state index contributed by atoms with van der Waals surface area (Å²) in [6.07, 6.45) is 11.3. The summed E-state index contributed by atoms with van der Waals surface area (Å²) in [6, 6.07) is 72.6. The fourth-order valence-electron chi connectivity index (χ4n) is 18.1. The van der Waals surface area contributed by atoms with Crippen LogP contribution in [0.1, 0.15) is 105 Å². The second kappa shape index (κ2) is 38.0. The van der Waals surface area contributed by atoms with E-state index in [4.69, 9.17) is 53.1 Å². The van der Waals surface area contributed by atoms with Crippen molar-refractivity contribution < 1.29 is 48.4 Å². The van der Waals surface area contributed by atoms with Crippen LogP contribution >= 0.6 is 38.5 Å². The molecule has 9 N–H and O–H groups in total. The highest BCUT2D eigenvalue weighted by atomic mass is 127. The van der Waals surface area contributed by atoms with E-state index in [0.29, 0.717) is 17.5 Å². The molecule has 0 atom stereocenters. The third-order valence-corrected chi connectivity index (χ3v) is 29.2. The van der Waals surface area contributed by atoms with E-state index in [1.807, 2.05) is 289 Å². The van der Waals surface area contributed by atoms with Gasteiger partial charge in [0, 0.05) is 137 Å². The van der Waals surface area contributed by atoms with Gasteiger partial charge in [0.2, 0.25) is 0 Å². The van der Waals surface area contributed by atoms with E-state index in [0.717, 1.165) is 191 Å². The van der Waals surface area contributed by atoms with Crippen molar-refractivity contribution in [2.45, 2.75) is 143 Å². The maximum absolute atomic E-state index is 9.66. The Balaban J connectivity index is 0.000000107. The minimum Gasteiger partial charge on any atom is -0.405 e. The lowest BCUT2D eigenvalue weighted by atomic mass is 9.49. The molecule has 0 saturated carbocycles. The van der Waals surface area contributed by atoms with E-state index in [1.165, 1.54) is 16.2 Å². The van der Waals surface area contributed by atoms with Gasteiger partial charge < -0.3 is 68.3 Å². The van der Waals surface area contributed by atoms with Crippen molar-refractivity contribution in [2.24, 2.45) is 21.1 Å². The normalized spacial score (nSPS) is 15.5. The first-order chi connectivity index (χ1) is 68.2. The van der Waals surface area contributed by atoms with E-state index in [-0.39, 0.29) is 48.8 Å². The topological polar surface area (TPSA) is 372 Å². The van der Waals surface area contributed by atoms with Gasteiger partial charge in [-0.25, -0.2) is 19.9 Å². The third-order valence-electron chi connectivity index (χ3n) is 27.9. The van der Waals surface area contributed by atoms with E-state index < -0.39 is 32.3 Å². The van der Waals surface area contributed by atoms with Crippen LogP contribution in [-0.4, -0.2) is 170 Å². The van der Waals surface area contributed by atoms with Crippen LogP contribution in [0.25, 0.3) is 188 Å². The Hall–Kier alpha value is -13.6. The molecule has 0 radical (unpaired) electrons. The van der Waals surface area contributed by atoms with Gasteiger partial charge in [-0.3, -0.25) is 34.1 Å². The quantitative estimate of drug-likeness (QED) is 0.0405. The Morgan fingerprint density at radius 3 is 1.08 bits per heavy atom. The fourth-order valence-corrected chi connectivity index (χ4v) is 19.0. The van der Waals surface area contributed by atoms with Crippen LogP contribution in [0.2, 0.25) is 0 Å². The number of hydrogen-bond donors (Lipinski definition) is 9. The van der Waals surface area contributed by atoms with Gasteiger partial charge in [-0.2, -0.15) is 20.4 Å². The molecular weight excluding hydrogens is 1960 g/mol. The molecule has 0 unspecified atom stereocenters. The zero-order valence-electron chi connectivity index (χ0n) is 81.1.